The molecule has 0 bridgehead atoms. The van der Waals surface area contributed by atoms with Crippen LogP contribution in [0.5, 0.6) is 5.75 Å². The molecule has 0 spiro atoms. The number of benzene rings is 2. The highest BCUT2D eigenvalue weighted by atomic mass is 32.1. The average Bonchev–Trinajstić information content (AvgIpc) is 3.34. The molecule has 35 heavy (non-hydrogen) atoms. The van der Waals surface area contributed by atoms with Crippen LogP contribution in [0.2, 0.25) is 0 Å². The van der Waals surface area contributed by atoms with E-state index in [9.17, 15) is 27.9 Å². The smallest absolute Gasteiger partial charge is 0.503 e. The van der Waals surface area contributed by atoms with Crippen LogP contribution in [-0.2, 0) is 9.59 Å². The Hall–Kier alpha value is -3.59. The zero-order valence-electron chi connectivity index (χ0n) is 19.1. The van der Waals surface area contributed by atoms with Gasteiger partial charge in [0.05, 0.1) is 11.6 Å². The van der Waals surface area contributed by atoms with E-state index in [0.717, 1.165) is 26.3 Å². The number of para-hydroxylation sites is 1. The number of aryl methyl sites for hydroxylation is 1. The lowest BCUT2D eigenvalue weighted by Gasteiger charge is -2.29. The third kappa shape index (κ3) is 4.81. The van der Waals surface area contributed by atoms with E-state index in [1.54, 1.807) is 49.4 Å². The Morgan fingerprint density at radius 1 is 1.06 bits per heavy atom. The number of carbonyl (C=O) groups is 2. The molecule has 1 aromatic heterocycles. The lowest BCUT2D eigenvalue weighted by atomic mass is 9.90. The van der Waals surface area contributed by atoms with E-state index >= 15 is 0 Å². The molecule has 182 valence electrons. The van der Waals surface area contributed by atoms with E-state index < -0.39 is 41.5 Å². The lowest BCUT2D eigenvalue weighted by Crippen LogP contribution is -2.32. The minimum absolute atomic E-state index is 0.0656. The number of amides is 1. The molecule has 2 heterocycles. The number of halogens is 3. The summed E-state index contributed by atoms with van der Waals surface area (Å²) in [6, 6.07) is 14.8. The Bertz CT molecular complexity index is 1310. The van der Waals surface area contributed by atoms with Crippen molar-refractivity contribution in [3.8, 4) is 16.2 Å². The number of hydrogen-bond acceptors (Lipinski definition) is 5. The second kappa shape index (κ2) is 9.22. The van der Waals surface area contributed by atoms with Crippen molar-refractivity contribution in [1.29, 1.82) is 0 Å². The zero-order valence-corrected chi connectivity index (χ0v) is 19.9. The first-order valence-electron chi connectivity index (χ1n) is 10.8. The van der Waals surface area contributed by atoms with Crippen LogP contribution >= 0.6 is 11.3 Å². The van der Waals surface area contributed by atoms with Crippen LogP contribution in [-0.4, -0.2) is 23.2 Å². The first-order valence-corrected chi connectivity index (χ1v) is 11.6. The monoisotopic (exact) mass is 501 g/mol. The summed E-state index contributed by atoms with van der Waals surface area (Å²) in [7, 11) is 0. The van der Waals surface area contributed by atoms with Gasteiger partial charge in [-0.25, -0.2) is 0 Å². The van der Waals surface area contributed by atoms with Crippen molar-refractivity contribution in [2.75, 3.05) is 4.90 Å². The summed E-state index contributed by atoms with van der Waals surface area (Å²) in [5.74, 6) is -3.37. The number of alkyl halides is 3. The highest BCUT2D eigenvalue weighted by Crippen LogP contribution is 2.45. The van der Waals surface area contributed by atoms with Crippen molar-refractivity contribution in [3.05, 3.63) is 82.4 Å². The quantitative estimate of drug-likeness (QED) is 0.406. The highest BCUT2D eigenvalue weighted by Gasteiger charge is 2.46. The number of aliphatic hydroxyl groups is 1. The second-order valence-electron chi connectivity index (χ2n) is 8.40. The Labute approximate surface area is 204 Å². The van der Waals surface area contributed by atoms with E-state index in [1.807, 2.05) is 19.1 Å². The van der Waals surface area contributed by atoms with Crippen LogP contribution in [0.3, 0.4) is 0 Å². The van der Waals surface area contributed by atoms with E-state index in [1.165, 1.54) is 18.2 Å². The number of rotatable bonds is 6. The van der Waals surface area contributed by atoms with Gasteiger partial charge in [0.1, 0.15) is 5.75 Å². The number of hydrogen-bond donors (Lipinski definition) is 1. The third-order valence-corrected chi connectivity index (χ3v) is 6.66. The molecule has 0 radical (unpaired) electrons. The maximum atomic E-state index is 13.2. The van der Waals surface area contributed by atoms with Gasteiger partial charge in [-0.05, 0) is 42.8 Å². The summed E-state index contributed by atoms with van der Waals surface area (Å²) in [5, 5.41) is 10.7. The molecule has 2 aromatic carbocycles. The van der Waals surface area contributed by atoms with Gasteiger partial charge in [0, 0.05) is 26.9 Å². The van der Waals surface area contributed by atoms with Crippen LogP contribution in [0.4, 0.5) is 18.9 Å². The zero-order chi connectivity index (χ0) is 25.5. The van der Waals surface area contributed by atoms with Gasteiger partial charge in [0.25, 0.3) is 5.91 Å². The number of ether oxygens (including phenoxy) is 1. The van der Waals surface area contributed by atoms with Crippen molar-refractivity contribution in [3.63, 3.8) is 0 Å². The fourth-order valence-corrected chi connectivity index (χ4v) is 4.90. The van der Waals surface area contributed by atoms with Crippen molar-refractivity contribution >= 4 is 28.7 Å². The standard InChI is InChI=1S/C26H22F3NO4S/c1-14(2)23(31)21-22(18-6-4-5-7-19(18)34-26(27,28)29)30(25(33)24(21)32)17-11-9-16(10-12-17)20-13-8-15(3)35-20/h4-14,22,32H,1-3H3. The molecule has 1 unspecified atom stereocenters. The fourth-order valence-electron chi connectivity index (χ4n) is 4.03. The Balaban J connectivity index is 1.84. The number of carbonyl (C=O) groups excluding carboxylic acids is 2. The highest BCUT2D eigenvalue weighted by molar-refractivity contribution is 7.15. The topological polar surface area (TPSA) is 66.8 Å². The summed E-state index contributed by atoms with van der Waals surface area (Å²) in [4.78, 5) is 29.5. The Kier molecular flexibility index (Phi) is 6.46. The van der Waals surface area contributed by atoms with Crippen molar-refractivity contribution < 1.29 is 32.6 Å². The van der Waals surface area contributed by atoms with Crippen molar-refractivity contribution in [1.82, 2.24) is 0 Å². The van der Waals surface area contributed by atoms with E-state index in [4.69, 9.17) is 0 Å². The number of thiophene rings is 1. The summed E-state index contributed by atoms with van der Waals surface area (Å²) in [6.07, 6.45) is -4.99. The molecular formula is C26H22F3NO4S. The Morgan fingerprint density at radius 2 is 1.71 bits per heavy atom. The minimum atomic E-state index is -4.99. The van der Waals surface area contributed by atoms with Gasteiger partial charge >= 0.3 is 6.36 Å². The minimum Gasteiger partial charge on any atom is -0.503 e. The molecule has 1 aliphatic heterocycles. The van der Waals surface area contributed by atoms with Gasteiger partial charge in [0.15, 0.2) is 11.5 Å². The van der Waals surface area contributed by atoms with E-state index in [-0.39, 0.29) is 11.1 Å². The summed E-state index contributed by atoms with van der Waals surface area (Å²) in [6.45, 7) is 5.16. The number of Topliss-reactive ketones (excluding diaryl/α,β-unsaturated/α-hetero) is 1. The molecule has 1 atom stereocenters. The van der Waals surface area contributed by atoms with E-state index in [2.05, 4.69) is 4.74 Å². The molecule has 1 aliphatic rings. The molecule has 0 aliphatic carbocycles. The molecule has 0 saturated heterocycles. The Morgan fingerprint density at radius 3 is 2.29 bits per heavy atom. The molecule has 0 fully saturated rings. The van der Waals surface area contributed by atoms with Crippen LogP contribution in [0.1, 0.15) is 30.3 Å². The number of nitrogens with zero attached hydrogens (tertiary/aromatic N) is 1. The van der Waals surface area contributed by atoms with Crippen LogP contribution in [0.15, 0.2) is 72.0 Å². The van der Waals surface area contributed by atoms with Gasteiger partial charge in [-0.2, -0.15) is 0 Å². The van der Waals surface area contributed by atoms with Gasteiger partial charge in [0.2, 0.25) is 0 Å². The van der Waals surface area contributed by atoms with Gasteiger partial charge in [-0.1, -0.05) is 44.2 Å². The summed E-state index contributed by atoms with van der Waals surface area (Å²) in [5.41, 5.74) is 0.883. The van der Waals surface area contributed by atoms with Gasteiger partial charge in [-0.3, -0.25) is 14.5 Å². The van der Waals surface area contributed by atoms with Crippen molar-refractivity contribution in [2.45, 2.75) is 33.2 Å². The third-order valence-electron chi connectivity index (χ3n) is 5.61. The number of ketones is 1. The second-order valence-corrected chi connectivity index (χ2v) is 9.69. The normalized spacial score (nSPS) is 16.4. The average molecular weight is 502 g/mol. The molecular weight excluding hydrogens is 479 g/mol. The fraction of sp³-hybridized carbons (Fsp3) is 0.231. The maximum absolute atomic E-state index is 13.2. The molecule has 3 aromatic rings. The number of aliphatic hydroxyl groups excluding tert-OH is 1. The van der Waals surface area contributed by atoms with Crippen LogP contribution < -0.4 is 9.64 Å². The maximum Gasteiger partial charge on any atom is 0.573 e. The molecule has 9 heteroatoms. The van der Waals surface area contributed by atoms with Crippen molar-refractivity contribution in [2.24, 2.45) is 5.92 Å². The lowest BCUT2D eigenvalue weighted by molar-refractivity contribution is -0.274. The molecule has 0 saturated carbocycles. The number of anilines is 1. The van der Waals surface area contributed by atoms with Crippen LogP contribution in [0.25, 0.3) is 10.4 Å². The predicted molar refractivity (Wildman–Crippen MR) is 127 cm³/mol. The molecule has 4 rings (SSSR count). The summed E-state index contributed by atoms with van der Waals surface area (Å²) < 4.78 is 43.6. The first-order chi connectivity index (χ1) is 16.5. The largest absolute Gasteiger partial charge is 0.573 e. The SMILES string of the molecule is Cc1ccc(-c2ccc(N3C(=O)C(O)=C(C(=O)C(C)C)C3c3ccccc3OC(F)(F)F)cc2)s1. The molecule has 1 N–H and O–H groups in total. The molecule has 1 amide bonds. The first kappa shape index (κ1) is 24.5. The van der Waals surface area contributed by atoms with Gasteiger partial charge < -0.3 is 9.84 Å². The predicted octanol–water partition coefficient (Wildman–Crippen LogP) is 6.75. The van der Waals surface area contributed by atoms with E-state index in [0.29, 0.717) is 5.69 Å². The van der Waals surface area contributed by atoms with Gasteiger partial charge in [-0.15, -0.1) is 24.5 Å². The molecule has 5 nitrogen and oxygen atoms in total. The van der Waals surface area contributed by atoms with Crippen LogP contribution in [0, 0.1) is 12.8 Å². The summed E-state index contributed by atoms with van der Waals surface area (Å²) >= 11 is 1.60.